The number of aryl methyl sites for hydroxylation is 1. The highest BCUT2D eigenvalue weighted by Crippen LogP contribution is 2.42. The van der Waals surface area contributed by atoms with Crippen LogP contribution in [0.15, 0.2) is 73.3 Å². The quantitative estimate of drug-likeness (QED) is 0.121. The van der Waals surface area contributed by atoms with E-state index in [1.54, 1.807) is 32.9 Å². The lowest BCUT2D eigenvalue weighted by Gasteiger charge is -2.38. The third-order valence-corrected chi connectivity index (χ3v) is 13.8. The van der Waals surface area contributed by atoms with Gasteiger partial charge in [0.2, 0.25) is 11.8 Å². The van der Waals surface area contributed by atoms with E-state index < -0.39 is 70.6 Å². The van der Waals surface area contributed by atoms with Crippen molar-refractivity contribution in [1.29, 1.82) is 0 Å². The number of hydrogen-bond donors (Lipinski definition) is 4. The Morgan fingerprint density at radius 3 is 2.47 bits per heavy atom. The summed E-state index contributed by atoms with van der Waals surface area (Å²) < 4.78 is 8.47. The number of carbonyl (C=O) groups is 5. The van der Waals surface area contributed by atoms with Crippen LogP contribution in [-0.4, -0.2) is 135 Å². The van der Waals surface area contributed by atoms with Crippen molar-refractivity contribution in [2.75, 3.05) is 47.4 Å². The standard InChI is InChI=1S/C53H69N7O8/c1-11-45(62)58-28-33(5)53(67,30-58)51(66)57(10)46(32(3)4)48(63)54-43-24-34-22-37(25-38(61)23-34)35-19-20-44-40(26-35)41(47(59(44)12-2)39-17-14-13-16-36(39)29-56(8)9)27-52(6,7)31-68-50(65)42-18-15-21-60(55-42)49(43)64/h11,13-14,16-17,19-20,22-23,25-26,32-33,42-43,46,55,61,67H,1,12,15,18,21,24,27-31H2,2-10H3,(H,54,63)/t33-,42-,43-,46-,53-/m0/s1. The number of hydrogen-bond acceptors (Lipinski definition) is 10. The van der Waals surface area contributed by atoms with Crippen molar-refractivity contribution in [2.45, 2.75) is 104 Å². The number of amides is 4. The number of phenols is 1. The molecule has 68 heavy (non-hydrogen) atoms. The molecular formula is C53H69N7O8. The van der Waals surface area contributed by atoms with Crippen LogP contribution >= 0.6 is 0 Å². The van der Waals surface area contributed by atoms with E-state index in [-0.39, 0.29) is 38.4 Å². The second kappa shape index (κ2) is 19.9. The van der Waals surface area contributed by atoms with Crippen LogP contribution in [0.4, 0.5) is 0 Å². The number of aliphatic hydroxyl groups is 1. The monoisotopic (exact) mass is 932 g/mol. The van der Waals surface area contributed by atoms with E-state index >= 15 is 0 Å². The number of fused-ring (bicyclic) bond motifs is 6. The molecule has 15 nitrogen and oxygen atoms in total. The average Bonchev–Trinajstić information content (AvgIpc) is 3.78. The number of β-amino-alcohol motifs (C(OH)–C–C–N with tert-alkyl or cyclic N) is 1. The van der Waals surface area contributed by atoms with E-state index in [4.69, 9.17) is 4.74 Å². The fourth-order valence-electron chi connectivity index (χ4n) is 10.4. The van der Waals surface area contributed by atoms with Crippen LogP contribution in [0.1, 0.15) is 71.1 Å². The molecule has 6 bridgehead atoms. The van der Waals surface area contributed by atoms with Crippen molar-refractivity contribution in [3.63, 3.8) is 0 Å². The summed E-state index contributed by atoms with van der Waals surface area (Å²) in [4.78, 5) is 74.8. The van der Waals surface area contributed by atoms with Crippen LogP contribution < -0.4 is 10.7 Å². The molecule has 0 unspecified atom stereocenters. The number of carbonyl (C=O) groups excluding carboxylic acids is 5. The van der Waals surface area contributed by atoms with Crippen molar-refractivity contribution in [3.8, 4) is 28.1 Å². The molecule has 15 heteroatoms. The number of aromatic hydroxyl groups is 1. The molecule has 4 amide bonds. The maximum atomic E-state index is 14.8. The number of likely N-dealkylation sites (N-methyl/N-ethyl adjacent to an activating group) is 1. The zero-order chi connectivity index (χ0) is 49.4. The van der Waals surface area contributed by atoms with E-state index in [1.165, 1.54) is 27.4 Å². The zero-order valence-electron chi connectivity index (χ0n) is 41.1. The molecule has 4 N–H and O–H groups in total. The largest absolute Gasteiger partial charge is 0.508 e. The molecular weight excluding hydrogens is 863 g/mol. The van der Waals surface area contributed by atoms with E-state index in [2.05, 4.69) is 98.1 Å². The molecule has 2 saturated heterocycles. The summed E-state index contributed by atoms with van der Waals surface area (Å²) in [6, 6.07) is 16.7. The molecule has 1 aromatic heterocycles. The van der Waals surface area contributed by atoms with Crippen LogP contribution in [0, 0.1) is 17.3 Å². The first-order valence-electron chi connectivity index (χ1n) is 23.8. The fraction of sp³-hybridized carbons (Fsp3) is 0.491. The van der Waals surface area contributed by atoms with Gasteiger partial charge in [0.1, 0.15) is 23.9 Å². The third kappa shape index (κ3) is 10.1. The van der Waals surface area contributed by atoms with Gasteiger partial charge in [-0.3, -0.25) is 29.0 Å². The molecule has 3 aromatic carbocycles. The molecule has 3 aliphatic rings. The van der Waals surface area contributed by atoms with Gasteiger partial charge < -0.3 is 39.5 Å². The van der Waals surface area contributed by atoms with E-state index in [0.717, 1.165) is 45.9 Å². The number of hydrazine groups is 1. The lowest BCUT2D eigenvalue weighted by Crippen LogP contribution is -2.63. The van der Waals surface area contributed by atoms with Crippen LogP contribution in [0.2, 0.25) is 0 Å². The molecule has 0 radical (unpaired) electrons. The Morgan fingerprint density at radius 1 is 1.04 bits per heavy atom. The Balaban J connectivity index is 1.31. The molecule has 0 spiro atoms. The Kier molecular flexibility index (Phi) is 14.6. The minimum absolute atomic E-state index is 0.0254. The summed E-state index contributed by atoms with van der Waals surface area (Å²) in [5.74, 6) is -3.93. The van der Waals surface area contributed by atoms with Crippen LogP contribution in [-0.2, 0) is 54.6 Å². The van der Waals surface area contributed by atoms with Crippen molar-refractivity contribution in [3.05, 3.63) is 90.0 Å². The Bertz CT molecular complexity index is 2600. The predicted molar refractivity (Wildman–Crippen MR) is 262 cm³/mol. The highest BCUT2D eigenvalue weighted by atomic mass is 16.5. The highest BCUT2D eigenvalue weighted by Gasteiger charge is 2.52. The summed E-state index contributed by atoms with van der Waals surface area (Å²) in [6.07, 6.45) is 2.57. The summed E-state index contributed by atoms with van der Waals surface area (Å²) in [5.41, 5.74) is 8.31. The van der Waals surface area contributed by atoms with Gasteiger partial charge in [0.05, 0.1) is 18.8 Å². The fourth-order valence-corrected chi connectivity index (χ4v) is 10.4. The minimum Gasteiger partial charge on any atom is -0.508 e. The molecule has 5 atom stereocenters. The van der Waals surface area contributed by atoms with Gasteiger partial charge in [0.15, 0.2) is 5.60 Å². The number of esters is 1. The number of aromatic nitrogens is 1. The maximum absolute atomic E-state index is 14.8. The summed E-state index contributed by atoms with van der Waals surface area (Å²) >= 11 is 0. The number of cyclic esters (lactones) is 1. The lowest BCUT2D eigenvalue weighted by molar-refractivity contribution is -0.158. The second-order valence-electron chi connectivity index (χ2n) is 20.5. The number of phenolic OH excluding ortho intramolecular Hbond substituents is 1. The van der Waals surface area contributed by atoms with Crippen LogP contribution in [0.5, 0.6) is 5.75 Å². The summed E-state index contributed by atoms with van der Waals surface area (Å²) in [7, 11) is 5.56. The molecule has 7 rings (SSSR count). The van der Waals surface area contributed by atoms with Crippen molar-refractivity contribution in [2.24, 2.45) is 17.3 Å². The minimum atomic E-state index is -1.97. The van der Waals surface area contributed by atoms with Gasteiger partial charge in [-0.2, -0.15) is 0 Å². The number of likely N-dealkylation sites (tertiary alicyclic amines) is 1. The number of rotatable bonds is 10. The van der Waals surface area contributed by atoms with E-state index in [9.17, 15) is 34.2 Å². The first-order valence-corrected chi connectivity index (χ1v) is 23.8. The molecule has 0 saturated carbocycles. The molecule has 3 aliphatic heterocycles. The molecule has 4 heterocycles. The van der Waals surface area contributed by atoms with Gasteiger partial charge in [0.25, 0.3) is 11.8 Å². The van der Waals surface area contributed by atoms with Gasteiger partial charge in [-0.15, -0.1) is 0 Å². The van der Waals surface area contributed by atoms with Crippen LogP contribution in [0.25, 0.3) is 33.3 Å². The lowest BCUT2D eigenvalue weighted by atomic mass is 9.84. The Hall–Kier alpha value is -6.03. The maximum Gasteiger partial charge on any atom is 0.324 e. The number of ether oxygens (including phenoxy) is 1. The molecule has 0 aliphatic carbocycles. The second-order valence-corrected chi connectivity index (χ2v) is 20.5. The normalized spacial score (nSPS) is 22.5. The molecule has 364 valence electrons. The average molecular weight is 932 g/mol. The smallest absolute Gasteiger partial charge is 0.324 e. The zero-order valence-corrected chi connectivity index (χ0v) is 41.1. The SMILES string of the molecule is C=CC(=O)N1C[C@H](C)[C@](O)(C(=O)N(C)[C@H](C(=O)N[C@H]2Cc3cc(O)cc(c3)-c3ccc4c(c3)c(c(-c3ccccc3CN(C)C)n4CC)CC(C)(C)COC(=O)[C@@H]3CCCN(N3)C2=O)C(C)C)C1. The summed E-state index contributed by atoms with van der Waals surface area (Å²) in [6.45, 7) is 16.7. The first-order chi connectivity index (χ1) is 32.2. The van der Waals surface area contributed by atoms with E-state index in [0.29, 0.717) is 36.9 Å². The first kappa shape index (κ1) is 49.9. The van der Waals surface area contributed by atoms with Gasteiger partial charge >= 0.3 is 5.97 Å². The van der Waals surface area contributed by atoms with Gasteiger partial charge in [-0.1, -0.05) is 77.6 Å². The topological polar surface area (TPSA) is 177 Å². The van der Waals surface area contributed by atoms with Gasteiger partial charge in [-0.25, -0.2) is 5.43 Å². The number of nitrogens with zero attached hydrogens (tertiary/aromatic N) is 5. The summed E-state index contributed by atoms with van der Waals surface area (Å²) in [5, 5.41) is 28.5. The highest BCUT2D eigenvalue weighted by molar-refractivity contribution is 5.97. The van der Waals surface area contributed by atoms with Crippen LogP contribution in [0.3, 0.4) is 0 Å². The van der Waals surface area contributed by atoms with Crippen molar-refractivity contribution >= 4 is 40.5 Å². The van der Waals surface area contributed by atoms with Gasteiger partial charge in [0, 0.05) is 67.4 Å². The molecule has 4 aromatic rings. The third-order valence-electron chi connectivity index (χ3n) is 13.8. The number of nitrogens with one attached hydrogen (secondary N) is 2. The number of benzene rings is 3. The van der Waals surface area contributed by atoms with E-state index in [1.807, 2.05) is 12.1 Å². The van der Waals surface area contributed by atoms with Crippen molar-refractivity contribution in [1.82, 2.24) is 35.0 Å². The van der Waals surface area contributed by atoms with Gasteiger partial charge in [-0.05, 0) is 104 Å². The predicted octanol–water partition coefficient (Wildman–Crippen LogP) is 5.29. The Morgan fingerprint density at radius 2 is 1.78 bits per heavy atom. The molecule has 2 fully saturated rings. The van der Waals surface area contributed by atoms with Crippen molar-refractivity contribution < 1.29 is 38.9 Å². The Labute approximate surface area is 400 Å².